The molecular weight excluding hydrogens is 354 g/mol. The molecule has 1 aliphatic heterocycles. The van der Waals surface area contributed by atoms with E-state index in [2.05, 4.69) is 26.7 Å². The number of para-hydroxylation sites is 1. The average Bonchev–Trinajstić information content (AvgIpc) is 2.69. The molecule has 0 atom stereocenters. The van der Waals surface area contributed by atoms with Crippen LogP contribution < -0.4 is 10.1 Å². The van der Waals surface area contributed by atoms with E-state index in [0.717, 1.165) is 50.0 Å². The standard InChI is InChI=1S/C21H33N5O2/c1-18(2)16-22-21(23-17-20(27)24(3)4)26-12-10-25(11-13-26)14-15-28-19-8-6-5-7-9-19/h5-9H,1,10-17H2,2-4H3,(H,22,23). The van der Waals surface area contributed by atoms with Gasteiger partial charge in [-0.25, -0.2) is 4.99 Å². The van der Waals surface area contributed by atoms with Crippen LogP contribution in [0.5, 0.6) is 5.75 Å². The van der Waals surface area contributed by atoms with Gasteiger partial charge in [0.15, 0.2) is 5.96 Å². The zero-order chi connectivity index (χ0) is 20.4. The van der Waals surface area contributed by atoms with E-state index in [1.54, 1.807) is 19.0 Å². The number of benzene rings is 1. The second-order valence-electron chi connectivity index (χ2n) is 7.23. The maximum atomic E-state index is 11.9. The summed E-state index contributed by atoms with van der Waals surface area (Å²) in [4.78, 5) is 22.6. The van der Waals surface area contributed by atoms with Crippen LogP contribution in [0.25, 0.3) is 0 Å². The molecule has 1 N–H and O–H groups in total. The largest absolute Gasteiger partial charge is 0.492 e. The zero-order valence-corrected chi connectivity index (χ0v) is 17.4. The quantitative estimate of drug-likeness (QED) is 0.414. The summed E-state index contributed by atoms with van der Waals surface area (Å²) in [6.45, 7) is 11.9. The normalized spacial score (nSPS) is 15.2. The van der Waals surface area contributed by atoms with Crippen LogP contribution in [0.1, 0.15) is 6.92 Å². The molecule has 28 heavy (non-hydrogen) atoms. The van der Waals surface area contributed by atoms with Crippen molar-refractivity contribution < 1.29 is 9.53 Å². The number of nitrogens with zero attached hydrogens (tertiary/aromatic N) is 4. The summed E-state index contributed by atoms with van der Waals surface area (Å²) < 4.78 is 5.79. The van der Waals surface area contributed by atoms with Gasteiger partial charge in [-0.3, -0.25) is 9.69 Å². The summed E-state index contributed by atoms with van der Waals surface area (Å²) in [5.41, 5.74) is 1.03. The fraction of sp³-hybridized carbons (Fsp3) is 0.524. The molecule has 2 rings (SSSR count). The van der Waals surface area contributed by atoms with Crippen molar-refractivity contribution in [3.05, 3.63) is 42.5 Å². The fourth-order valence-electron chi connectivity index (χ4n) is 2.77. The molecule has 7 heteroatoms. The lowest BCUT2D eigenvalue weighted by atomic mass is 10.3. The van der Waals surface area contributed by atoms with Crippen LogP contribution in [0.4, 0.5) is 0 Å². The van der Waals surface area contributed by atoms with E-state index in [9.17, 15) is 4.79 Å². The molecular formula is C21H33N5O2. The molecule has 0 radical (unpaired) electrons. The minimum atomic E-state index is -0.00804. The number of carbonyl (C=O) groups is 1. The molecule has 154 valence electrons. The average molecular weight is 388 g/mol. The molecule has 1 fully saturated rings. The highest BCUT2D eigenvalue weighted by molar-refractivity contribution is 5.85. The summed E-state index contributed by atoms with van der Waals surface area (Å²) in [5.74, 6) is 1.68. The van der Waals surface area contributed by atoms with Gasteiger partial charge in [0.05, 0.1) is 0 Å². The molecule has 1 heterocycles. The van der Waals surface area contributed by atoms with Crippen LogP contribution in [0, 0.1) is 0 Å². The monoisotopic (exact) mass is 387 g/mol. The molecule has 0 aromatic heterocycles. The fourth-order valence-corrected chi connectivity index (χ4v) is 2.77. The second-order valence-corrected chi connectivity index (χ2v) is 7.23. The molecule has 1 amide bonds. The molecule has 1 aromatic carbocycles. The maximum absolute atomic E-state index is 11.9. The highest BCUT2D eigenvalue weighted by Gasteiger charge is 2.20. The Morgan fingerprint density at radius 1 is 1.21 bits per heavy atom. The van der Waals surface area contributed by atoms with Crippen molar-refractivity contribution in [2.45, 2.75) is 6.92 Å². The van der Waals surface area contributed by atoms with Gasteiger partial charge in [0.1, 0.15) is 18.9 Å². The van der Waals surface area contributed by atoms with Crippen LogP contribution in [-0.4, -0.2) is 93.1 Å². The van der Waals surface area contributed by atoms with E-state index in [0.29, 0.717) is 13.2 Å². The number of ether oxygens (including phenoxy) is 1. The number of guanidine groups is 1. The lowest BCUT2D eigenvalue weighted by molar-refractivity contribution is -0.127. The van der Waals surface area contributed by atoms with Gasteiger partial charge in [0.2, 0.25) is 5.91 Å². The van der Waals surface area contributed by atoms with E-state index >= 15 is 0 Å². The van der Waals surface area contributed by atoms with E-state index in [1.165, 1.54) is 0 Å². The first-order valence-corrected chi connectivity index (χ1v) is 9.73. The molecule has 1 saturated heterocycles. The van der Waals surface area contributed by atoms with Gasteiger partial charge in [0, 0.05) is 53.4 Å². The number of nitrogens with one attached hydrogen (secondary N) is 1. The van der Waals surface area contributed by atoms with Crippen molar-refractivity contribution in [3.63, 3.8) is 0 Å². The molecule has 0 aliphatic carbocycles. The number of amides is 1. The van der Waals surface area contributed by atoms with Crippen molar-refractivity contribution in [1.82, 2.24) is 20.0 Å². The van der Waals surface area contributed by atoms with Crippen LogP contribution in [0.15, 0.2) is 47.5 Å². The van der Waals surface area contributed by atoms with Gasteiger partial charge < -0.3 is 19.9 Å². The van der Waals surface area contributed by atoms with Gasteiger partial charge in [-0.15, -0.1) is 0 Å². The third kappa shape index (κ3) is 7.60. The number of piperazine rings is 1. The van der Waals surface area contributed by atoms with E-state index in [-0.39, 0.29) is 12.5 Å². The van der Waals surface area contributed by atoms with Crippen molar-refractivity contribution in [2.75, 3.05) is 66.5 Å². The Kier molecular flexibility index (Phi) is 8.81. The van der Waals surface area contributed by atoms with Crippen LogP contribution >= 0.6 is 0 Å². The summed E-state index contributed by atoms with van der Waals surface area (Å²) in [6, 6.07) is 9.90. The SMILES string of the molecule is C=C(C)CNC(=NCC(=O)N(C)C)N1CCN(CCOc2ccccc2)CC1. The Bertz CT molecular complexity index is 652. The number of aliphatic imine (C=N–C) groups is 1. The molecule has 0 unspecified atom stereocenters. The summed E-state index contributed by atoms with van der Waals surface area (Å²) in [7, 11) is 3.49. The summed E-state index contributed by atoms with van der Waals surface area (Å²) in [5, 5.41) is 3.33. The highest BCUT2D eigenvalue weighted by atomic mass is 16.5. The third-order valence-electron chi connectivity index (χ3n) is 4.50. The Labute approximate surface area is 168 Å². The van der Waals surface area contributed by atoms with Crippen molar-refractivity contribution in [1.29, 1.82) is 0 Å². The first-order valence-electron chi connectivity index (χ1n) is 9.73. The number of carbonyl (C=O) groups excluding carboxylic acids is 1. The van der Waals surface area contributed by atoms with Gasteiger partial charge in [-0.1, -0.05) is 30.4 Å². The molecule has 0 spiro atoms. The van der Waals surface area contributed by atoms with E-state index in [4.69, 9.17) is 4.74 Å². The maximum Gasteiger partial charge on any atom is 0.243 e. The van der Waals surface area contributed by atoms with Gasteiger partial charge in [0.25, 0.3) is 0 Å². The number of rotatable bonds is 8. The van der Waals surface area contributed by atoms with Crippen molar-refractivity contribution in [3.8, 4) is 5.75 Å². The van der Waals surface area contributed by atoms with Crippen molar-refractivity contribution >= 4 is 11.9 Å². The number of likely N-dealkylation sites (N-methyl/N-ethyl adjacent to an activating group) is 1. The predicted octanol–water partition coefficient (Wildman–Crippen LogP) is 1.29. The summed E-state index contributed by atoms with van der Waals surface area (Å²) in [6.07, 6.45) is 0. The van der Waals surface area contributed by atoms with Crippen molar-refractivity contribution in [2.24, 2.45) is 4.99 Å². The highest BCUT2D eigenvalue weighted by Crippen LogP contribution is 2.09. The third-order valence-corrected chi connectivity index (χ3v) is 4.50. The lowest BCUT2D eigenvalue weighted by Gasteiger charge is -2.36. The lowest BCUT2D eigenvalue weighted by Crippen LogP contribution is -2.53. The zero-order valence-electron chi connectivity index (χ0n) is 17.4. The van der Waals surface area contributed by atoms with Gasteiger partial charge in [-0.05, 0) is 19.1 Å². The first kappa shape index (κ1) is 21.8. The number of hydrogen-bond acceptors (Lipinski definition) is 4. The Balaban J connectivity index is 1.81. The minimum absolute atomic E-state index is 0.00804. The van der Waals surface area contributed by atoms with Crippen LogP contribution in [0.3, 0.4) is 0 Å². The molecule has 1 aliphatic rings. The van der Waals surface area contributed by atoms with Crippen LogP contribution in [0.2, 0.25) is 0 Å². The topological polar surface area (TPSA) is 60.4 Å². The Morgan fingerprint density at radius 3 is 2.50 bits per heavy atom. The molecule has 1 aromatic rings. The second kappa shape index (κ2) is 11.3. The molecule has 0 saturated carbocycles. The predicted molar refractivity (Wildman–Crippen MR) is 114 cm³/mol. The Hall–Kier alpha value is -2.54. The summed E-state index contributed by atoms with van der Waals surface area (Å²) >= 11 is 0. The molecule has 7 nitrogen and oxygen atoms in total. The smallest absolute Gasteiger partial charge is 0.243 e. The Morgan fingerprint density at radius 2 is 1.89 bits per heavy atom. The van der Waals surface area contributed by atoms with Crippen LogP contribution in [-0.2, 0) is 4.79 Å². The van der Waals surface area contributed by atoms with Gasteiger partial charge in [-0.2, -0.15) is 0 Å². The van der Waals surface area contributed by atoms with E-state index < -0.39 is 0 Å². The van der Waals surface area contributed by atoms with Gasteiger partial charge >= 0.3 is 0 Å². The van der Waals surface area contributed by atoms with E-state index in [1.807, 2.05) is 37.3 Å². The minimum Gasteiger partial charge on any atom is -0.492 e. The molecule has 0 bridgehead atoms. The number of hydrogen-bond donors (Lipinski definition) is 1. The first-order chi connectivity index (χ1) is 13.5.